The Bertz CT molecular complexity index is 924. The molecule has 3 rings (SSSR count). The Kier molecular flexibility index (Phi) is 7.12. The number of benzene rings is 2. The van der Waals surface area contributed by atoms with Crippen LogP contribution in [0, 0.1) is 38.2 Å². The molecule has 0 aliphatic carbocycles. The van der Waals surface area contributed by atoms with Crippen LogP contribution in [-0.2, 0) is 6.54 Å². The van der Waals surface area contributed by atoms with Gasteiger partial charge in [0.2, 0.25) is 0 Å². The number of aryl methyl sites for hydroxylation is 1. The molecule has 142 valence electrons. The quantitative estimate of drug-likeness (QED) is 0.548. The zero-order valence-electron chi connectivity index (χ0n) is 16.2. The fourth-order valence-corrected chi connectivity index (χ4v) is 3.50. The zero-order valence-corrected chi connectivity index (χ0v) is 18.4. The topological polar surface area (TPSA) is 68.0 Å². The fraction of sp³-hybridized carbons (Fsp3) is 0.286. The second kappa shape index (κ2) is 9.12. The zero-order chi connectivity index (χ0) is 20.1. The maximum absolute atomic E-state index is 10.8. The molecule has 0 radical (unpaired) electrons. The molecule has 0 aliphatic heterocycles. The number of carbonyl (C=O) groups is 1. The first-order chi connectivity index (χ1) is 12.7. The Morgan fingerprint density at radius 2 is 1.67 bits per heavy atom. The van der Waals surface area contributed by atoms with Crippen molar-refractivity contribution in [3.63, 3.8) is 0 Å². The van der Waals surface area contributed by atoms with Crippen LogP contribution >= 0.6 is 22.6 Å². The third kappa shape index (κ3) is 5.15. The van der Waals surface area contributed by atoms with E-state index in [0.717, 1.165) is 5.56 Å². The molecular weight excluding hydrogens is 453 g/mol. The highest BCUT2D eigenvalue weighted by Gasteiger charge is 2.14. The smallest absolute Gasteiger partial charge is 0.358 e. The van der Waals surface area contributed by atoms with Crippen LogP contribution in [0.2, 0.25) is 0 Å². The maximum Gasteiger partial charge on any atom is 0.358 e. The third-order valence-corrected chi connectivity index (χ3v) is 5.90. The summed E-state index contributed by atoms with van der Waals surface area (Å²) < 4.78 is 2.96. The maximum atomic E-state index is 10.8. The molecule has 0 fully saturated rings. The van der Waals surface area contributed by atoms with Gasteiger partial charge in [-0.15, -0.1) is 5.10 Å². The molecule has 0 saturated heterocycles. The minimum atomic E-state index is -1.04. The van der Waals surface area contributed by atoms with E-state index in [1.54, 1.807) is 11.6 Å². The van der Waals surface area contributed by atoms with E-state index in [9.17, 15) is 4.79 Å². The normalized spacial score (nSPS) is 10.3. The summed E-state index contributed by atoms with van der Waals surface area (Å²) in [6, 6.07) is 12.0. The fourth-order valence-electron chi connectivity index (χ4n) is 2.63. The number of hydrogen-bond acceptors (Lipinski definition) is 3. The van der Waals surface area contributed by atoms with Gasteiger partial charge in [-0.3, -0.25) is 0 Å². The molecule has 0 spiro atoms. The van der Waals surface area contributed by atoms with Gasteiger partial charge >= 0.3 is 5.97 Å². The lowest BCUT2D eigenvalue weighted by molar-refractivity contribution is 0.0689. The van der Waals surface area contributed by atoms with Gasteiger partial charge in [-0.05, 0) is 91.1 Å². The monoisotopic (exact) mass is 477 g/mol. The minimum Gasteiger partial charge on any atom is -0.476 e. The first kappa shape index (κ1) is 21.1. The van der Waals surface area contributed by atoms with Crippen LogP contribution in [0.15, 0.2) is 36.4 Å². The van der Waals surface area contributed by atoms with E-state index >= 15 is 0 Å². The summed E-state index contributed by atoms with van der Waals surface area (Å²) >= 11 is 2.39. The molecule has 0 unspecified atom stereocenters. The predicted molar refractivity (Wildman–Crippen MR) is 115 cm³/mol. The first-order valence-corrected chi connectivity index (χ1v) is 9.70. The van der Waals surface area contributed by atoms with Crippen LogP contribution in [-0.4, -0.2) is 26.1 Å². The summed E-state index contributed by atoms with van der Waals surface area (Å²) in [4.78, 5) is 10.8. The van der Waals surface area contributed by atoms with E-state index in [-0.39, 0.29) is 5.69 Å². The van der Waals surface area contributed by atoms with E-state index in [1.165, 1.54) is 25.8 Å². The summed E-state index contributed by atoms with van der Waals surface area (Å²) in [5.74, 6) is -1.04. The number of halogens is 1. The Morgan fingerprint density at radius 1 is 1.04 bits per heavy atom. The van der Waals surface area contributed by atoms with Gasteiger partial charge in [0.15, 0.2) is 5.69 Å². The lowest BCUT2D eigenvalue weighted by Gasteiger charge is -2.09. The van der Waals surface area contributed by atoms with Crippen LogP contribution < -0.4 is 0 Å². The Morgan fingerprint density at radius 3 is 2.22 bits per heavy atom. The van der Waals surface area contributed by atoms with Gasteiger partial charge in [-0.2, -0.15) is 0 Å². The molecular formula is C21H24IN3O2. The predicted octanol–water partition coefficient (Wildman–Crippen LogP) is 4.86. The summed E-state index contributed by atoms with van der Waals surface area (Å²) in [6.07, 6.45) is 0. The summed E-state index contributed by atoms with van der Waals surface area (Å²) in [5.41, 5.74) is 7.34. The highest BCUT2D eigenvalue weighted by atomic mass is 127. The summed E-state index contributed by atoms with van der Waals surface area (Å²) in [5, 5.41) is 16.3. The van der Waals surface area contributed by atoms with Crippen molar-refractivity contribution in [3.05, 3.63) is 79.2 Å². The van der Waals surface area contributed by atoms with Gasteiger partial charge in [0.05, 0.1) is 12.2 Å². The molecule has 6 heteroatoms. The summed E-state index contributed by atoms with van der Waals surface area (Å²) in [7, 11) is 0. The average Bonchev–Trinajstić information content (AvgIpc) is 3.00. The van der Waals surface area contributed by atoms with E-state index in [4.69, 9.17) is 5.11 Å². The van der Waals surface area contributed by atoms with E-state index in [2.05, 4.69) is 66.7 Å². The van der Waals surface area contributed by atoms with Crippen molar-refractivity contribution < 1.29 is 9.90 Å². The molecule has 0 aliphatic rings. The van der Waals surface area contributed by atoms with Crippen molar-refractivity contribution in [2.45, 2.75) is 41.2 Å². The number of nitrogens with zero attached hydrogens (tertiary/aromatic N) is 3. The van der Waals surface area contributed by atoms with Gasteiger partial charge < -0.3 is 5.11 Å². The second-order valence-corrected chi connectivity index (χ2v) is 7.68. The first-order valence-electron chi connectivity index (χ1n) is 8.62. The molecule has 0 saturated carbocycles. The van der Waals surface area contributed by atoms with Crippen molar-refractivity contribution >= 4 is 28.6 Å². The number of carboxylic acid groups (broad SMARTS) is 1. The number of hydrogen-bond donors (Lipinski definition) is 1. The number of aromatic carboxylic acids is 1. The summed E-state index contributed by atoms with van der Waals surface area (Å²) in [6.45, 7) is 11.0. The second-order valence-electron chi connectivity index (χ2n) is 6.52. The number of rotatable bonds is 3. The standard InChI is InChI=1S/C11H11N3O2.C10H13I/c1-8-10(11(15)16)12-13-14(8)7-9-5-3-2-4-6-9;1-6-5-10(11)9(4)8(3)7(6)2/h2-6H,7H2,1H3,(H,15,16);5H,1-4H3. The van der Waals surface area contributed by atoms with Crippen LogP contribution in [0.1, 0.15) is 44.0 Å². The molecule has 0 bridgehead atoms. The van der Waals surface area contributed by atoms with Crippen LogP contribution in [0.4, 0.5) is 0 Å². The third-order valence-electron chi connectivity index (χ3n) is 4.78. The van der Waals surface area contributed by atoms with Gasteiger partial charge in [0, 0.05) is 3.57 Å². The highest BCUT2D eigenvalue weighted by molar-refractivity contribution is 14.1. The number of aromatic nitrogens is 3. The molecule has 1 aromatic heterocycles. The van der Waals surface area contributed by atoms with Crippen molar-refractivity contribution in [2.75, 3.05) is 0 Å². The molecule has 0 atom stereocenters. The highest BCUT2D eigenvalue weighted by Crippen LogP contribution is 2.21. The Hall–Kier alpha value is -2.22. The van der Waals surface area contributed by atoms with Gasteiger partial charge in [0.25, 0.3) is 0 Å². The van der Waals surface area contributed by atoms with E-state index in [0.29, 0.717) is 12.2 Å². The molecule has 0 amide bonds. The largest absolute Gasteiger partial charge is 0.476 e. The average molecular weight is 477 g/mol. The number of carboxylic acids is 1. The van der Waals surface area contributed by atoms with Gasteiger partial charge in [0.1, 0.15) is 0 Å². The van der Waals surface area contributed by atoms with Gasteiger partial charge in [-0.1, -0.05) is 35.5 Å². The Balaban J connectivity index is 0.000000208. The molecule has 3 aromatic rings. The Labute approximate surface area is 173 Å². The molecule has 1 heterocycles. The lowest BCUT2D eigenvalue weighted by atomic mass is 10.0. The van der Waals surface area contributed by atoms with Crippen LogP contribution in [0.5, 0.6) is 0 Å². The van der Waals surface area contributed by atoms with Crippen molar-refractivity contribution in [1.29, 1.82) is 0 Å². The van der Waals surface area contributed by atoms with Crippen molar-refractivity contribution in [3.8, 4) is 0 Å². The molecule has 5 nitrogen and oxygen atoms in total. The lowest BCUT2D eigenvalue weighted by Crippen LogP contribution is -2.05. The minimum absolute atomic E-state index is 0.0101. The molecule has 27 heavy (non-hydrogen) atoms. The van der Waals surface area contributed by atoms with Crippen molar-refractivity contribution in [1.82, 2.24) is 15.0 Å². The van der Waals surface area contributed by atoms with E-state index in [1.807, 2.05) is 30.3 Å². The SMILES string of the molecule is Cc1c(C(=O)O)nnn1Cc1ccccc1.Cc1cc(I)c(C)c(C)c1C. The van der Waals surface area contributed by atoms with Crippen LogP contribution in [0.25, 0.3) is 0 Å². The molecule has 1 N–H and O–H groups in total. The van der Waals surface area contributed by atoms with Gasteiger partial charge in [-0.25, -0.2) is 9.48 Å². The van der Waals surface area contributed by atoms with E-state index < -0.39 is 5.97 Å². The molecule has 2 aromatic carbocycles. The van der Waals surface area contributed by atoms with Crippen LogP contribution in [0.3, 0.4) is 0 Å². The van der Waals surface area contributed by atoms with Crippen molar-refractivity contribution in [2.24, 2.45) is 0 Å².